The van der Waals surface area contributed by atoms with Crippen LogP contribution < -0.4 is 5.32 Å². The molecule has 0 aromatic carbocycles. The molecule has 1 aliphatic carbocycles. The van der Waals surface area contributed by atoms with Crippen LogP contribution in [0.3, 0.4) is 0 Å². The molecule has 1 heterocycles. The van der Waals surface area contributed by atoms with Gasteiger partial charge in [0.1, 0.15) is 0 Å². The van der Waals surface area contributed by atoms with Gasteiger partial charge in [0, 0.05) is 12.5 Å². The number of nitrogens with zero attached hydrogens (tertiary/aromatic N) is 3. The van der Waals surface area contributed by atoms with E-state index in [-0.39, 0.29) is 0 Å². The SMILES string of the molecule is CNCC1CCC(C)CC1c1c(Cl)cnn1CCN(C)C. The van der Waals surface area contributed by atoms with Gasteiger partial charge < -0.3 is 10.2 Å². The van der Waals surface area contributed by atoms with Gasteiger partial charge in [-0.1, -0.05) is 24.9 Å². The molecule has 2 rings (SSSR count). The first-order chi connectivity index (χ1) is 10.0. The molecule has 120 valence electrons. The van der Waals surface area contributed by atoms with E-state index in [1.165, 1.54) is 25.0 Å². The molecule has 21 heavy (non-hydrogen) atoms. The lowest BCUT2D eigenvalue weighted by Crippen LogP contribution is -2.32. The Morgan fingerprint density at radius 2 is 2.19 bits per heavy atom. The number of hydrogen-bond acceptors (Lipinski definition) is 3. The largest absolute Gasteiger partial charge is 0.319 e. The first-order valence-electron chi connectivity index (χ1n) is 8.03. The van der Waals surface area contributed by atoms with Gasteiger partial charge in [-0.05, 0) is 52.4 Å². The third-order valence-electron chi connectivity index (χ3n) is 4.67. The fourth-order valence-corrected chi connectivity index (χ4v) is 3.78. The van der Waals surface area contributed by atoms with E-state index in [1.807, 2.05) is 13.2 Å². The summed E-state index contributed by atoms with van der Waals surface area (Å²) in [6, 6.07) is 0. The number of hydrogen-bond donors (Lipinski definition) is 1. The summed E-state index contributed by atoms with van der Waals surface area (Å²) in [5.74, 6) is 1.97. The maximum Gasteiger partial charge on any atom is 0.0820 e. The Morgan fingerprint density at radius 1 is 1.43 bits per heavy atom. The van der Waals surface area contributed by atoms with Crippen molar-refractivity contribution in [1.29, 1.82) is 0 Å². The maximum absolute atomic E-state index is 6.49. The van der Waals surface area contributed by atoms with E-state index in [9.17, 15) is 0 Å². The average molecular weight is 313 g/mol. The van der Waals surface area contributed by atoms with E-state index in [1.54, 1.807) is 0 Å². The second-order valence-electron chi connectivity index (χ2n) is 6.75. The Bertz CT molecular complexity index is 443. The highest BCUT2D eigenvalue weighted by Gasteiger charge is 2.33. The lowest BCUT2D eigenvalue weighted by molar-refractivity contribution is 0.234. The van der Waals surface area contributed by atoms with Crippen LogP contribution in [0, 0.1) is 11.8 Å². The third-order valence-corrected chi connectivity index (χ3v) is 4.96. The number of rotatable bonds is 6. The summed E-state index contributed by atoms with van der Waals surface area (Å²) in [7, 11) is 6.23. The van der Waals surface area contributed by atoms with Crippen LogP contribution in [-0.4, -0.2) is 48.9 Å². The number of aromatic nitrogens is 2. The molecule has 1 fully saturated rings. The number of nitrogens with one attached hydrogen (secondary N) is 1. The van der Waals surface area contributed by atoms with Crippen LogP contribution in [0.4, 0.5) is 0 Å². The average Bonchev–Trinajstić information content (AvgIpc) is 2.80. The van der Waals surface area contributed by atoms with Crippen molar-refractivity contribution in [2.75, 3.05) is 34.2 Å². The van der Waals surface area contributed by atoms with Crippen molar-refractivity contribution >= 4 is 11.6 Å². The normalized spacial score (nSPS) is 26.5. The predicted octanol–water partition coefficient (Wildman–Crippen LogP) is 2.84. The third kappa shape index (κ3) is 4.21. The summed E-state index contributed by atoms with van der Waals surface area (Å²) in [5, 5.41) is 8.71. The Kier molecular flexibility index (Phi) is 6.08. The van der Waals surface area contributed by atoms with Crippen LogP contribution in [0.25, 0.3) is 0 Å². The van der Waals surface area contributed by atoms with E-state index in [0.29, 0.717) is 11.8 Å². The van der Waals surface area contributed by atoms with Gasteiger partial charge in [-0.25, -0.2) is 0 Å². The highest BCUT2D eigenvalue weighted by molar-refractivity contribution is 6.31. The maximum atomic E-state index is 6.49. The summed E-state index contributed by atoms with van der Waals surface area (Å²) in [4.78, 5) is 2.19. The fraction of sp³-hybridized carbons (Fsp3) is 0.812. The molecule has 3 unspecified atom stereocenters. The smallest absolute Gasteiger partial charge is 0.0820 e. The van der Waals surface area contributed by atoms with Gasteiger partial charge in [-0.15, -0.1) is 0 Å². The molecular formula is C16H29ClN4. The zero-order chi connectivity index (χ0) is 15.4. The second-order valence-corrected chi connectivity index (χ2v) is 7.15. The van der Waals surface area contributed by atoms with Crippen molar-refractivity contribution in [3.63, 3.8) is 0 Å². The van der Waals surface area contributed by atoms with Crippen LogP contribution in [-0.2, 0) is 6.54 Å². The van der Waals surface area contributed by atoms with Crippen LogP contribution in [0.15, 0.2) is 6.20 Å². The highest BCUT2D eigenvalue weighted by atomic mass is 35.5. The molecule has 0 saturated heterocycles. The molecule has 1 aliphatic rings. The van der Waals surface area contributed by atoms with Gasteiger partial charge in [-0.2, -0.15) is 5.10 Å². The number of likely N-dealkylation sites (N-methyl/N-ethyl adjacent to an activating group) is 1. The van der Waals surface area contributed by atoms with Crippen molar-refractivity contribution < 1.29 is 0 Å². The molecule has 5 heteroatoms. The lowest BCUT2D eigenvalue weighted by Gasteiger charge is -2.35. The Hall–Kier alpha value is -0.580. The van der Waals surface area contributed by atoms with Crippen LogP contribution >= 0.6 is 11.6 Å². The van der Waals surface area contributed by atoms with Crippen LogP contribution in [0.2, 0.25) is 5.02 Å². The predicted molar refractivity (Wildman–Crippen MR) is 89.0 cm³/mol. The van der Waals surface area contributed by atoms with Crippen molar-refractivity contribution in [2.24, 2.45) is 11.8 Å². The summed E-state index contributed by atoms with van der Waals surface area (Å²) in [6.07, 6.45) is 5.65. The van der Waals surface area contributed by atoms with Gasteiger partial charge in [0.15, 0.2) is 0 Å². The zero-order valence-corrected chi connectivity index (χ0v) is 14.5. The van der Waals surface area contributed by atoms with E-state index in [4.69, 9.17) is 11.6 Å². The van der Waals surface area contributed by atoms with Crippen molar-refractivity contribution in [3.8, 4) is 0 Å². The quantitative estimate of drug-likeness (QED) is 0.877. The molecule has 4 nitrogen and oxygen atoms in total. The molecule has 0 bridgehead atoms. The lowest BCUT2D eigenvalue weighted by atomic mass is 9.73. The minimum Gasteiger partial charge on any atom is -0.319 e. The molecule has 0 aliphatic heterocycles. The molecule has 1 N–H and O–H groups in total. The van der Waals surface area contributed by atoms with Crippen LogP contribution in [0.1, 0.15) is 37.8 Å². The van der Waals surface area contributed by atoms with Crippen molar-refractivity contribution in [2.45, 2.75) is 38.6 Å². The van der Waals surface area contributed by atoms with Gasteiger partial charge in [0.25, 0.3) is 0 Å². The van der Waals surface area contributed by atoms with Gasteiger partial charge in [-0.3, -0.25) is 4.68 Å². The fourth-order valence-electron chi connectivity index (χ4n) is 3.50. The van der Waals surface area contributed by atoms with E-state index in [0.717, 1.165) is 30.6 Å². The monoisotopic (exact) mass is 312 g/mol. The Balaban J connectivity index is 2.22. The molecule has 1 aromatic rings. The van der Waals surface area contributed by atoms with E-state index >= 15 is 0 Å². The molecule has 1 saturated carbocycles. The Morgan fingerprint density at radius 3 is 2.86 bits per heavy atom. The standard InChI is InChI=1S/C16H29ClN4/c1-12-5-6-13(10-18-2)14(9-12)16-15(17)11-19-21(16)8-7-20(3)4/h11-14,18H,5-10H2,1-4H3. The number of halogens is 1. The highest BCUT2D eigenvalue weighted by Crippen LogP contribution is 2.42. The summed E-state index contributed by atoms with van der Waals surface area (Å²) >= 11 is 6.49. The summed E-state index contributed by atoms with van der Waals surface area (Å²) < 4.78 is 2.13. The minimum atomic E-state index is 0.526. The molecule has 0 radical (unpaired) electrons. The van der Waals surface area contributed by atoms with Crippen molar-refractivity contribution in [3.05, 3.63) is 16.9 Å². The molecule has 3 atom stereocenters. The van der Waals surface area contributed by atoms with Gasteiger partial charge in [0.05, 0.1) is 23.5 Å². The van der Waals surface area contributed by atoms with Crippen molar-refractivity contribution in [1.82, 2.24) is 20.0 Å². The first-order valence-corrected chi connectivity index (χ1v) is 8.41. The van der Waals surface area contributed by atoms with Gasteiger partial charge in [0.2, 0.25) is 0 Å². The molecular weight excluding hydrogens is 284 g/mol. The molecule has 0 spiro atoms. The second kappa shape index (κ2) is 7.61. The summed E-state index contributed by atoms with van der Waals surface area (Å²) in [6.45, 7) is 5.32. The van der Waals surface area contributed by atoms with E-state index < -0.39 is 0 Å². The topological polar surface area (TPSA) is 33.1 Å². The van der Waals surface area contributed by atoms with Gasteiger partial charge >= 0.3 is 0 Å². The minimum absolute atomic E-state index is 0.526. The molecule has 1 aromatic heterocycles. The van der Waals surface area contributed by atoms with E-state index in [2.05, 4.69) is 41.0 Å². The zero-order valence-electron chi connectivity index (χ0n) is 13.8. The summed E-state index contributed by atoms with van der Waals surface area (Å²) in [5.41, 5.74) is 1.25. The van der Waals surface area contributed by atoms with Crippen LogP contribution in [0.5, 0.6) is 0 Å². The first kappa shape index (κ1) is 16.8. The molecule has 0 amide bonds. The Labute approximate surface area is 133 Å².